The van der Waals surface area contributed by atoms with Gasteiger partial charge in [0.05, 0.1) is 5.92 Å². The molecule has 1 aliphatic heterocycles. The molecular formula is C7H14N2O4S. The van der Waals surface area contributed by atoms with E-state index in [0.29, 0.717) is 6.54 Å². The van der Waals surface area contributed by atoms with Crippen molar-refractivity contribution in [3.63, 3.8) is 0 Å². The Morgan fingerprint density at radius 2 is 2.07 bits per heavy atom. The molecule has 0 bridgehead atoms. The Morgan fingerprint density at radius 1 is 1.50 bits per heavy atom. The zero-order valence-corrected chi connectivity index (χ0v) is 8.99. The third-order valence-electron chi connectivity index (χ3n) is 2.32. The van der Waals surface area contributed by atoms with Gasteiger partial charge in [-0.3, -0.25) is 4.79 Å². The van der Waals surface area contributed by atoms with Gasteiger partial charge in [0.1, 0.15) is 0 Å². The van der Waals surface area contributed by atoms with Gasteiger partial charge in [-0.1, -0.05) is 6.92 Å². The molecule has 1 rings (SSSR count). The summed E-state index contributed by atoms with van der Waals surface area (Å²) in [6.07, 6.45) is 0. The van der Waals surface area contributed by atoms with Crippen molar-refractivity contribution >= 4 is 16.2 Å². The Kier molecular flexibility index (Phi) is 3.13. The normalized spacial score (nSPS) is 28.9. The highest BCUT2D eigenvalue weighted by Gasteiger charge is 2.37. The second-order valence-electron chi connectivity index (χ2n) is 3.27. The van der Waals surface area contributed by atoms with Crippen LogP contribution in [0, 0.1) is 5.92 Å². The topological polar surface area (TPSA) is 77.9 Å². The fourth-order valence-corrected chi connectivity index (χ4v) is 2.91. The highest BCUT2D eigenvalue weighted by atomic mass is 32.2. The average molecular weight is 222 g/mol. The zero-order valence-electron chi connectivity index (χ0n) is 8.17. The molecule has 0 aliphatic carbocycles. The smallest absolute Gasteiger partial charge is 0.309 e. The molecule has 1 fully saturated rings. The summed E-state index contributed by atoms with van der Waals surface area (Å²) in [5.41, 5.74) is 0. The first kappa shape index (κ1) is 11.4. The van der Waals surface area contributed by atoms with E-state index >= 15 is 0 Å². The highest BCUT2D eigenvalue weighted by molar-refractivity contribution is 7.86. The predicted molar refractivity (Wildman–Crippen MR) is 49.9 cm³/mol. The Hall–Kier alpha value is -0.660. The second-order valence-corrected chi connectivity index (χ2v) is 5.31. The molecule has 1 heterocycles. The number of carboxylic acids is 1. The van der Waals surface area contributed by atoms with Crippen LogP contribution < -0.4 is 0 Å². The molecule has 0 aromatic rings. The standard InChI is InChI=1S/C7H14N2O4S/c1-3-9-5-6(7(10)11)4-8(2)14(9,12)13/h6H,3-5H2,1-2H3,(H,10,11). The number of carbonyl (C=O) groups is 1. The quantitative estimate of drug-likeness (QED) is 0.663. The van der Waals surface area contributed by atoms with E-state index in [1.165, 1.54) is 11.4 Å². The van der Waals surface area contributed by atoms with Crippen molar-refractivity contribution in [3.05, 3.63) is 0 Å². The lowest BCUT2D eigenvalue weighted by Gasteiger charge is -2.34. The van der Waals surface area contributed by atoms with Crippen molar-refractivity contribution < 1.29 is 18.3 Å². The van der Waals surface area contributed by atoms with Crippen molar-refractivity contribution in [1.29, 1.82) is 0 Å². The first-order valence-corrected chi connectivity index (χ1v) is 5.73. The van der Waals surface area contributed by atoms with Gasteiger partial charge in [0, 0.05) is 26.7 Å². The summed E-state index contributed by atoms with van der Waals surface area (Å²) in [5, 5.41) is 8.79. The molecular weight excluding hydrogens is 208 g/mol. The summed E-state index contributed by atoms with van der Waals surface area (Å²) in [6.45, 7) is 2.11. The molecule has 0 aromatic carbocycles. The van der Waals surface area contributed by atoms with Gasteiger partial charge in [0.25, 0.3) is 10.2 Å². The van der Waals surface area contributed by atoms with E-state index in [2.05, 4.69) is 0 Å². The fourth-order valence-electron chi connectivity index (χ4n) is 1.45. The van der Waals surface area contributed by atoms with Gasteiger partial charge in [-0.25, -0.2) is 0 Å². The Balaban J connectivity index is 2.89. The minimum Gasteiger partial charge on any atom is -0.481 e. The van der Waals surface area contributed by atoms with Gasteiger partial charge < -0.3 is 5.11 Å². The van der Waals surface area contributed by atoms with Crippen LogP contribution in [-0.2, 0) is 15.0 Å². The highest BCUT2D eigenvalue weighted by Crippen LogP contribution is 2.18. The molecule has 7 heteroatoms. The molecule has 14 heavy (non-hydrogen) atoms. The van der Waals surface area contributed by atoms with Crippen LogP contribution in [0.5, 0.6) is 0 Å². The SMILES string of the molecule is CCN1CC(C(=O)O)CN(C)S1(=O)=O. The molecule has 82 valence electrons. The molecule has 1 unspecified atom stereocenters. The molecule has 0 radical (unpaired) electrons. The Labute approximate surface area is 83.3 Å². The van der Waals surface area contributed by atoms with E-state index in [1.807, 2.05) is 0 Å². The third kappa shape index (κ3) is 1.89. The maximum atomic E-state index is 11.6. The molecule has 1 saturated heterocycles. The van der Waals surface area contributed by atoms with Crippen molar-refractivity contribution in [2.24, 2.45) is 5.92 Å². The summed E-state index contributed by atoms with van der Waals surface area (Å²) < 4.78 is 25.4. The van der Waals surface area contributed by atoms with Crippen molar-refractivity contribution in [2.75, 3.05) is 26.7 Å². The number of hydrogen-bond acceptors (Lipinski definition) is 3. The number of rotatable bonds is 2. The van der Waals surface area contributed by atoms with E-state index < -0.39 is 22.1 Å². The van der Waals surface area contributed by atoms with Crippen molar-refractivity contribution in [3.8, 4) is 0 Å². The number of hydrogen-bond donors (Lipinski definition) is 1. The molecule has 1 atom stereocenters. The van der Waals surface area contributed by atoms with Gasteiger partial charge in [-0.15, -0.1) is 0 Å². The van der Waals surface area contributed by atoms with Crippen LogP contribution in [0.25, 0.3) is 0 Å². The van der Waals surface area contributed by atoms with Crippen LogP contribution in [0.15, 0.2) is 0 Å². The molecule has 1 N–H and O–H groups in total. The molecule has 0 aromatic heterocycles. The number of carboxylic acid groups (broad SMARTS) is 1. The zero-order chi connectivity index (χ0) is 10.9. The predicted octanol–water partition coefficient (Wildman–Crippen LogP) is -0.801. The van der Waals surface area contributed by atoms with Crippen LogP contribution in [-0.4, -0.2) is 54.8 Å². The summed E-state index contributed by atoms with van der Waals surface area (Å²) in [6, 6.07) is 0. The van der Waals surface area contributed by atoms with Crippen LogP contribution >= 0.6 is 0 Å². The van der Waals surface area contributed by atoms with E-state index in [-0.39, 0.29) is 13.1 Å². The first-order valence-electron chi connectivity index (χ1n) is 4.33. The summed E-state index contributed by atoms with van der Waals surface area (Å²) >= 11 is 0. The van der Waals surface area contributed by atoms with E-state index in [9.17, 15) is 13.2 Å². The van der Waals surface area contributed by atoms with E-state index in [4.69, 9.17) is 5.11 Å². The molecule has 0 amide bonds. The monoisotopic (exact) mass is 222 g/mol. The second kappa shape index (κ2) is 3.84. The largest absolute Gasteiger partial charge is 0.481 e. The minimum absolute atomic E-state index is 0.0498. The maximum Gasteiger partial charge on any atom is 0.309 e. The van der Waals surface area contributed by atoms with Crippen molar-refractivity contribution in [2.45, 2.75) is 6.92 Å². The number of nitrogens with zero attached hydrogens (tertiary/aromatic N) is 2. The molecule has 0 spiro atoms. The van der Waals surface area contributed by atoms with Gasteiger partial charge in [0.15, 0.2) is 0 Å². The fraction of sp³-hybridized carbons (Fsp3) is 0.857. The lowest BCUT2D eigenvalue weighted by Crippen LogP contribution is -2.53. The number of aliphatic carboxylic acids is 1. The van der Waals surface area contributed by atoms with E-state index in [1.54, 1.807) is 6.92 Å². The summed E-state index contributed by atoms with van der Waals surface area (Å²) in [5.74, 6) is -1.59. The lowest BCUT2D eigenvalue weighted by molar-refractivity contribution is -0.142. The molecule has 6 nitrogen and oxygen atoms in total. The summed E-state index contributed by atoms with van der Waals surface area (Å²) in [7, 11) is -2.02. The van der Waals surface area contributed by atoms with Crippen LogP contribution in [0.4, 0.5) is 0 Å². The van der Waals surface area contributed by atoms with Gasteiger partial charge in [-0.2, -0.15) is 17.0 Å². The lowest BCUT2D eigenvalue weighted by atomic mass is 10.1. The average Bonchev–Trinajstić information content (AvgIpc) is 2.09. The Bertz CT molecular complexity index is 327. The van der Waals surface area contributed by atoms with Gasteiger partial charge in [-0.05, 0) is 0 Å². The maximum absolute atomic E-state index is 11.6. The van der Waals surface area contributed by atoms with Crippen molar-refractivity contribution in [1.82, 2.24) is 8.61 Å². The van der Waals surface area contributed by atoms with Crippen LogP contribution in [0.3, 0.4) is 0 Å². The van der Waals surface area contributed by atoms with Gasteiger partial charge in [0.2, 0.25) is 0 Å². The van der Waals surface area contributed by atoms with Crippen LogP contribution in [0.2, 0.25) is 0 Å². The summed E-state index contributed by atoms with van der Waals surface area (Å²) in [4.78, 5) is 10.7. The van der Waals surface area contributed by atoms with E-state index in [0.717, 1.165) is 4.31 Å². The molecule has 1 aliphatic rings. The first-order chi connectivity index (χ1) is 6.39. The Morgan fingerprint density at radius 3 is 2.50 bits per heavy atom. The third-order valence-corrected chi connectivity index (χ3v) is 4.32. The van der Waals surface area contributed by atoms with Crippen LogP contribution in [0.1, 0.15) is 6.92 Å². The molecule has 0 saturated carbocycles. The minimum atomic E-state index is -3.42. The van der Waals surface area contributed by atoms with Gasteiger partial charge >= 0.3 is 5.97 Å².